The Morgan fingerprint density at radius 3 is 2.52 bits per heavy atom. The Morgan fingerprint density at radius 1 is 1.10 bits per heavy atom. The van der Waals surface area contributed by atoms with Crippen molar-refractivity contribution in [1.82, 2.24) is 15.0 Å². The van der Waals surface area contributed by atoms with Crippen molar-refractivity contribution < 1.29 is 9.59 Å². The smallest absolute Gasteiger partial charge is 0.204 e. The molecule has 6 heteroatoms. The van der Waals surface area contributed by atoms with Crippen molar-refractivity contribution in [1.29, 1.82) is 0 Å². The number of carbonyl (C=O) groups is 2. The topological polar surface area (TPSA) is 102 Å². The fourth-order valence-corrected chi connectivity index (χ4v) is 3.18. The van der Waals surface area contributed by atoms with E-state index in [-0.39, 0.29) is 6.41 Å². The lowest BCUT2D eigenvalue weighted by atomic mass is 10.1. The molecular weight excluding hydrogens is 388 g/mol. The molecule has 0 aliphatic rings. The normalized spacial score (nSPS) is 9.94. The van der Waals surface area contributed by atoms with Crippen LogP contribution < -0.4 is 5.73 Å². The molecule has 1 amide bonds. The Morgan fingerprint density at radius 2 is 1.81 bits per heavy atom. The number of rotatable bonds is 9. The van der Waals surface area contributed by atoms with Gasteiger partial charge in [-0.15, -0.1) is 0 Å². The van der Waals surface area contributed by atoms with Gasteiger partial charge in [-0.3, -0.25) is 14.6 Å². The van der Waals surface area contributed by atoms with Gasteiger partial charge in [0.2, 0.25) is 6.41 Å². The van der Waals surface area contributed by atoms with Gasteiger partial charge >= 0.3 is 0 Å². The molecule has 31 heavy (non-hydrogen) atoms. The van der Waals surface area contributed by atoms with Gasteiger partial charge in [-0.05, 0) is 38.0 Å². The Labute approximate surface area is 185 Å². The molecule has 2 aromatic heterocycles. The van der Waals surface area contributed by atoms with E-state index in [0.29, 0.717) is 12.2 Å². The van der Waals surface area contributed by atoms with Crippen LogP contribution in [0.4, 0.5) is 0 Å². The third-order valence-electron chi connectivity index (χ3n) is 4.78. The van der Waals surface area contributed by atoms with Crippen LogP contribution in [0.3, 0.4) is 0 Å². The lowest BCUT2D eigenvalue weighted by Gasteiger charge is -2.02. The third kappa shape index (κ3) is 9.11. The van der Waals surface area contributed by atoms with Gasteiger partial charge in [0.05, 0.1) is 17.4 Å². The van der Waals surface area contributed by atoms with E-state index < -0.39 is 0 Å². The molecule has 168 valence electrons. The monoisotopic (exact) mass is 424 g/mol. The SMILES string of the molecule is CC.CCC(=O)CCCCCCc1ncc(-c2ccc3nc(C)ccc3c2)[nH]1.NC=O. The van der Waals surface area contributed by atoms with Crippen molar-refractivity contribution in [2.24, 2.45) is 5.73 Å². The minimum atomic E-state index is 0.250. The molecule has 6 nitrogen and oxygen atoms in total. The van der Waals surface area contributed by atoms with Crippen molar-refractivity contribution in [3.05, 3.63) is 48.0 Å². The molecule has 0 atom stereocenters. The van der Waals surface area contributed by atoms with Crippen molar-refractivity contribution in [3.8, 4) is 11.3 Å². The lowest BCUT2D eigenvalue weighted by Crippen LogP contribution is -1.94. The molecule has 0 unspecified atom stereocenters. The van der Waals surface area contributed by atoms with Crippen molar-refractivity contribution in [2.75, 3.05) is 0 Å². The first kappa shape index (κ1) is 26.0. The number of nitrogens with zero attached hydrogens (tertiary/aromatic N) is 2. The first-order chi connectivity index (χ1) is 15.1. The van der Waals surface area contributed by atoms with Gasteiger partial charge in [0.1, 0.15) is 11.6 Å². The van der Waals surface area contributed by atoms with E-state index in [1.165, 1.54) is 0 Å². The van der Waals surface area contributed by atoms with Gasteiger partial charge in [-0.2, -0.15) is 0 Å². The van der Waals surface area contributed by atoms with Crippen molar-refractivity contribution >= 4 is 23.1 Å². The van der Waals surface area contributed by atoms with Crippen LogP contribution in [-0.2, 0) is 16.0 Å². The molecule has 0 aliphatic heterocycles. The number of pyridine rings is 1. The predicted molar refractivity (Wildman–Crippen MR) is 128 cm³/mol. The molecule has 0 spiro atoms. The fourth-order valence-electron chi connectivity index (χ4n) is 3.18. The maximum Gasteiger partial charge on any atom is 0.204 e. The maximum absolute atomic E-state index is 11.3. The first-order valence-electron chi connectivity index (χ1n) is 11.2. The number of imidazole rings is 1. The van der Waals surface area contributed by atoms with Gasteiger partial charge in [0.25, 0.3) is 0 Å². The van der Waals surface area contributed by atoms with E-state index in [4.69, 9.17) is 4.79 Å². The van der Waals surface area contributed by atoms with Crippen LogP contribution in [0.1, 0.15) is 70.8 Å². The second-order valence-corrected chi connectivity index (χ2v) is 7.05. The van der Waals surface area contributed by atoms with Crippen molar-refractivity contribution in [3.63, 3.8) is 0 Å². The summed E-state index contributed by atoms with van der Waals surface area (Å²) in [5.74, 6) is 1.41. The number of nitrogens with one attached hydrogen (secondary N) is 1. The van der Waals surface area contributed by atoms with Crippen LogP contribution in [-0.4, -0.2) is 27.1 Å². The summed E-state index contributed by atoms with van der Waals surface area (Å²) in [6, 6.07) is 10.5. The summed E-state index contributed by atoms with van der Waals surface area (Å²) in [6.45, 7) is 7.94. The van der Waals surface area contributed by atoms with Crippen LogP contribution >= 0.6 is 0 Å². The second kappa shape index (κ2) is 14.9. The number of ketones is 1. The fraction of sp³-hybridized carbons (Fsp3) is 0.440. The summed E-state index contributed by atoms with van der Waals surface area (Å²) < 4.78 is 0. The number of amides is 1. The highest BCUT2D eigenvalue weighted by molar-refractivity contribution is 5.83. The Bertz CT molecular complexity index is 934. The van der Waals surface area contributed by atoms with Gasteiger partial charge in [0.15, 0.2) is 0 Å². The molecule has 3 aromatic rings. The lowest BCUT2D eigenvalue weighted by molar-refractivity contribution is -0.118. The summed E-state index contributed by atoms with van der Waals surface area (Å²) in [5, 5.41) is 1.14. The molecule has 3 N–H and O–H groups in total. The van der Waals surface area contributed by atoms with E-state index in [2.05, 4.69) is 45.0 Å². The van der Waals surface area contributed by atoms with Crippen LogP contribution in [0.15, 0.2) is 36.5 Å². The van der Waals surface area contributed by atoms with E-state index in [1.54, 1.807) is 0 Å². The summed E-state index contributed by atoms with van der Waals surface area (Å²) in [4.78, 5) is 32.4. The highest BCUT2D eigenvalue weighted by Gasteiger charge is 2.05. The Kier molecular flexibility index (Phi) is 12.5. The summed E-state index contributed by atoms with van der Waals surface area (Å²) in [5.41, 5.74) is 8.42. The summed E-state index contributed by atoms with van der Waals surface area (Å²) >= 11 is 0. The van der Waals surface area contributed by atoms with Gasteiger partial charge in [0, 0.05) is 35.9 Å². The van der Waals surface area contributed by atoms with Crippen LogP contribution in [0, 0.1) is 6.92 Å². The largest absolute Gasteiger partial charge is 0.372 e. The Balaban J connectivity index is 0.000000884. The first-order valence-corrected chi connectivity index (χ1v) is 11.2. The highest BCUT2D eigenvalue weighted by Crippen LogP contribution is 2.23. The number of Topliss-reactive ketones (excluding diaryl/α,β-unsaturated/α-hetero) is 1. The number of nitrogens with two attached hydrogens (primary N) is 1. The number of carbonyl (C=O) groups excluding carboxylic acids is 2. The summed E-state index contributed by atoms with van der Waals surface area (Å²) in [6.07, 6.45) is 8.91. The molecule has 2 heterocycles. The van der Waals surface area contributed by atoms with E-state index in [0.717, 1.165) is 72.2 Å². The molecule has 1 aromatic carbocycles. The van der Waals surface area contributed by atoms with Gasteiger partial charge in [-0.25, -0.2) is 4.98 Å². The number of aromatic nitrogens is 3. The zero-order chi connectivity index (χ0) is 23.1. The summed E-state index contributed by atoms with van der Waals surface area (Å²) in [7, 11) is 0. The van der Waals surface area contributed by atoms with Crippen LogP contribution in [0.2, 0.25) is 0 Å². The number of primary amides is 1. The van der Waals surface area contributed by atoms with Crippen molar-refractivity contribution in [2.45, 2.75) is 72.6 Å². The predicted octanol–water partition coefficient (Wildman–Crippen LogP) is 5.53. The van der Waals surface area contributed by atoms with Gasteiger partial charge in [-0.1, -0.05) is 45.7 Å². The molecule has 0 aliphatic carbocycles. The molecule has 0 saturated carbocycles. The number of fused-ring (bicyclic) bond motifs is 1. The average Bonchev–Trinajstić information content (AvgIpc) is 3.26. The van der Waals surface area contributed by atoms with E-state index in [9.17, 15) is 4.79 Å². The zero-order valence-electron chi connectivity index (χ0n) is 19.3. The molecular formula is C25H36N4O2. The molecule has 0 bridgehead atoms. The third-order valence-corrected chi connectivity index (χ3v) is 4.78. The average molecular weight is 425 g/mol. The van der Waals surface area contributed by atoms with E-state index in [1.807, 2.05) is 40.0 Å². The molecule has 3 rings (SSSR count). The standard InChI is InChI=1S/C22H27N3O.C2H6.CH3NO/c1-3-19(26)8-6-4-5-7-9-22-23-15-21(25-22)18-12-13-20-17(14-18)11-10-16(2)24-20;1-2;2-1-3/h10-15H,3-9H2,1-2H3,(H,23,25);1-2H3;1H,(H2,2,3). The van der Waals surface area contributed by atoms with Crippen LogP contribution in [0.25, 0.3) is 22.2 Å². The molecule has 0 fully saturated rings. The quantitative estimate of drug-likeness (QED) is 0.348. The molecule has 0 radical (unpaired) electrons. The van der Waals surface area contributed by atoms with Gasteiger partial charge < -0.3 is 10.7 Å². The number of H-pyrrole nitrogens is 1. The molecule has 0 saturated heterocycles. The van der Waals surface area contributed by atoms with E-state index >= 15 is 0 Å². The van der Waals surface area contributed by atoms with Crippen LogP contribution in [0.5, 0.6) is 0 Å². The number of hydrogen-bond donors (Lipinski definition) is 2. The highest BCUT2D eigenvalue weighted by atomic mass is 16.1. The number of hydrogen-bond acceptors (Lipinski definition) is 4. The zero-order valence-corrected chi connectivity index (χ0v) is 19.3. The Hall–Kier alpha value is -3.02. The number of aryl methyl sites for hydroxylation is 2. The maximum atomic E-state index is 11.3. The number of aromatic amines is 1. The number of benzene rings is 1. The minimum Gasteiger partial charge on any atom is -0.372 e. The minimum absolute atomic E-state index is 0.250. The number of unbranched alkanes of at least 4 members (excludes halogenated alkanes) is 3. The second-order valence-electron chi connectivity index (χ2n) is 7.05.